The smallest absolute Gasteiger partial charge is 0.240 e. The maximum atomic E-state index is 12.7. The SMILES string of the molecule is Cc1ccc(C)c(CNS(=O)(=O)c2ccc3c(c2)NC(=O)CC(C)S3)c1. The summed E-state index contributed by atoms with van der Waals surface area (Å²) in [6.07, 6.45) is 0.409. The van der Waals surface area contributed by atoms with Crippen molar-refractivity contribution in [2.45, 2.75) is 48.8 Å². The molecule has 0 spiro atoms. The average Bonchev–Trinajstić information content (AvgIpc) is 2.71. The fourth-order valence-corrected chi connectivity index (χ4v) is 4.93. The third kappa shape index (κ3) is 4.28. The van der Waals surface area contributed by atoms with E-state index in [0.717, 1.165) is 21.6 Å². The zero-order chi connectivity index (χ0) is 18.9. The molecule has 7 heteroatoms. The fourth-order valence-electron chi connectivity index (χ4n) is 2.84. The Morgan fingerprint density at radius 1 is 1.19 bits per heavy atom. The van der Waals surface area contributed by atoms with E-state index in [1.165, 1.54) is 6.07 Å². The van der Waals surface area contributed by atoms with Gasteiger partial charge in [0.15, 0.2) is 0 Å². The molecule has 0 saturated heterocycles. The number of anilines is 1. The first-order valence-corrected chi connectivity index (χ1v) is 10.8. The van der Waals surface area contributed by atoms with E-state index in [2.05, 4.69) is 10.0 Å². The molecule has 0 bridgehead atoms. The molecule has 5 nitrogen and oxygen atoms in total. The maximum Gasteiger partial charge on any atom is 0.240 e. The summed E-state index contributed by atoms with van der Waals surface area (Å²) in [5, 5.41) is 2.96. The van der Waals surface area contributed by atoms with Crippen LogP contribution in [0.1, 0.15) is 30.0 Å². The molecule has 2 aromatic carbocycles. The molecule has 26 heavy (non-hydrogen) atoms. The summed E-state index contributed by atoms with van der Waals surface area (Å²) in [7, 11) is -3.68. The van der Waals surface area contributed by atoms with Gasteiger partial charge in [-0.3, -0.25) is 4.79 Å². The minimum Gasteiger partial charge on any atom is -0.325 e. The quantitative estimate of drug-likeness (QED) is 0.836. The van der Waals surface area contributed by atoms with E-state index in [0.29, 0.717) is 12.1 Å². The number of benzene rings is 2. The predicted octanol–water partition coefficient (Wildman–Crippen LogP) is 3.60. The van der Waals surface area contributed by atoms with Crippen molar-refractivity contribution in [1.82, 2.24) is 4.72 Å². The molecule has 0 aromatic heterocycles. The number of aryl methyl sites for hydroxylation is 2. The second-order valence-electron chi connectivity index (χ2n) is 6.59. The lowest BCUT2D eigenvalue weighted by atomic mass is 10.1. The topological polar surface area (TPSA) is 75.3 Å². The van der Waals surface area contributed by atoms with E-state index in [1.54, 1.807) is 23.9 Å². The third-order valence-electron chi connectivity index (χ3n) is 4.29. The highest BCUT2D eigenvalue weighted by molar-refractivity contribution is 8.00. The summed E-state index contributed by atoms with van der Waals surface area (Å²) in [5.41, 5.74) is 3.63. The Labute approximate surface area is 158 Å². The Morgan fingerprint density at radius 3 is 2.73 bits per heavy atom. The molecule has 0 radical (unpaired) electrons. The summed E-state index contributed by atoms with van der Waals surface area (Å²) in [6, 6.07) is 10.8. The van der Waals surface area contributed by atoms with Crippen LogP contribution in [0.4, 0.5) is 5.69 Å². The number of fused-ring (bicyclic) bond motifs is 1. The van der Waals surface area contributed by atoms with Gasteiger partial charge in [-0.25, -0.2) is 13.1 Å². The van der Waals surface area contributed by atoms with Gasteiger partial charge in [-0.1, -0.05) is 30.7 Å². The Morgan fingerprint density at radius 2 is 1.96 bits per heavy atom. The van der Waals surface area contributed by atoms with Gasteiger partial charge in [0.25, 0.3) is 0 Å². The number of hydrogen-bond donors (Lipinski definition) is 2. The molecule has 1 heterocycles. The van der Waals surface area contributed by atoms with Crippen molar-refractivity contribution in [1.29, 1.82) is 0 Å². The van der Waals surface area contributed by atoms with Crippen LogP contribution in [0.3, 0.4) is 0 Å². The molecule has 0 saturated carbocycles. The van der Waals surface area contributed by atoms with Crippen LogP contribution in [0.25, 0.3) is 0 Å². The van der Waals surface area contributed by atoms with Crippen LogP contribution in [-0.4, -0.2) is 19.6 Å². The standard InChI is InChI=1S/C19H22N2O3S2/c1-12-4-5-13(2)15(8-12)11-20-26(23,24)16-6-7-18-17(10-16)21-19(22)9-14(3)25-18/h4-8,10,14,20H,9,11H2,1-3H3,(H,21,22). The first kappa shape index (κ1) is 18.9. The third-order valence-corrected chi connectivity index (χ3v) is 6.87. The van der Waals surface area contributed by atoms with E-state index >= 15 is 0 Å². The number of amides is 1. The second kappa shape index (κ2) is 7.42. The fraction of sp³-hybridized carbons (Fsp3) is 0.316. The van der Waals surface area contributed by atoms with Crippen LogP contribution in [0.2, 0.25) is 0 Å². The van der Waals surface area contributed by atoms with E-state index in [9.17, 15) is 13.2 Å². The van der Waals surface area contributed by atoms with Crippen molar-refractivity contribution in [2.24, 2.45) is 0 Å². The molecule has 1 aliphatic rings. The van der Waals surface area contributed by atoms with E-state index in [1.807, 2.05) is 39.0 Å². The lowest BCUT2D eigenvalue weighted by Crippen LogP contribution is -2.24. The Kier molecular flexibility index (Phi) is 5.41. The largest absolute Gasteiger partial charge is 0.325 e. The van der Waals surface area contributed by atoms with Crippen molar-refractivity contribution in [2.75, 3.05) is 5.32 Å². The molecular weight excluding hydrogens is 368 g/mol. The minimum atomic E-state index is -3.68. The highest BCUT2D eigenvalue weighted by atomic mass is 32.2. The minimum absolute atomic E-state index is 0.0957. The normalized spacial score (nSPS) is 17.3. The Bertz CT molecular complexity index is 955. The second-order valence-corrected chi connectivity index (χ2v) is 9.84. The first-order chi connectivity index (χ1) is 12.2. The van der Waals surface area contributed by atoms with Gasteiger partial charge in [-0.05, 0) is 43.2 Å². The van der Waals surface area contributed by atoms with Gasteiger partial charge >= 0.3 is 0 Å². The van der Waals surface area contributed by atoms with Crippen molar-refractivity contribution < 1.29 is 13.2 Å². The van der Waals surface area contributed by atoms with Gasteiger partial charge in [0.1, 0.15) is 0 Å². The average molecular weight is 391 g/mol. The van der Waals surface area contributed by atoms with Crippen molar-refractivity contribution in [3.8, 4) is 0 Å². The van der Waals surface area contributed by atoms with Crippen LogP contribution in [0.5, 0.6) is 0 Å². The Hall–Kier alpha value is -1.83. The molecule has 2 N–H and O–H groups in total. The van der Waals surface area contributed by atoms with Crippen LogP contribution >= 0.6 is 11.8 Å². The van der Waals surface area contributed by atoms with Gasteiger partial charge in [-0.2, -0.15) is 0 Å². The molecular formula is C19H22N2O3S2. The van der Waals surface area contributed by atoms with E-state index in [-0.39, 0.29) is 22.6 Å². The molecule has 1 unspecified atom stereocenters. The van der Waals surface area contributed by atoms with Crippen LogP contribution < -0.4 is 10.0 Å². The molecule has 0 aliphatic carbocycles. The van der Waals surface area contributed by atoms with Gasteiger partial charge < -0.3 is 5.32 Å². The summed E-state index contributed by atoms with van der Waals surface area (Å²) in [6.45, 7) is 6.14. The lowest BCUT2D eigenvalue weighted by molar-refractivity contribution is -0.116. The number of nitrogens with one attached hydrogen (secondary N) is 2. The first-order valence-electron chi connectivity index (χ1n) is 8.41. The van der Waals surface area contributed by atoms with E-state index < -0.39 is 10.0 Å². The zero-order valence-electron chi connectivity index (χ0n) is 15.0. The number of sulfonamides is 1. The molecule has 1 atom stereocenters. The number of rotatable bonds is 4. The van der Waals surface area contributed by atoms with Gasteiger partial charge in [-0.15, -0.1) is 11.8 Å². The molecule has 138 valence electrons. The lowest BCUT2D eigenvalue weighted by Gasteiger charge is -2.12. The van der Waals surface area contributed by atoms with Crippen molar-refractivity contribution >= 4 is 33.4 Å². The molecule has 1 amide bonds. The summed E-state index contributed by atoms with van der Waals surface area (Å²) in [4.78, 5) is 12.9. The van der Waals surface area contributed by atoms with Crippen LogP contribution in [-0.2, 0) is 21.4 Å². The molecule has 0 fully saturated rings. The summed E-state index contributed by atoms with van der Waals surface area (Å²) < 4.78 is 28.0. The van der Waals surface area contributed by atoms with Gasteiger partial charge in [0.05, 0.1) is 10.6 Å². The van der Waals surface area contributed by atoms with Crippen molar-refractivity contribution in [3.63, 3.8) is 0 Å². The summed E-state index contributed by atoms with van der Waals surface area (Å²) >= 11 is 1.57. The van der Waals surface area contributed by atoms with Gasteiger partial charge in [0.2, 0.25) is 15.9 Å². The Balaban J connectivity index is 1.83. The molecule has 2 aromatic rings. The molecule has 3 rings (SSSR count). The monoisotopic (exact) mass is 390 g/mol. The number of hydrogen-bond acceptors (Lipinski definition) is 4. The zero-order valence-corrected chi connectivity index (χ0v) is 16.6. The summed E-state index contributed by atoms with van der Waals surface area (Å²) in [5.74, 6) is -0.0957. The van der Waals surface area contributed by atoms with Gasteiger partial charge in [0, 0.05) is 23.1 Å². The highest BCUT2D eigenvalue weighted by Crippen LogP contribution is 2.36. The van der Waals surface area contributed by atoms with Crippen LogP contribution in [0, 0.1) is 13.8 Å². The van der Waals surface area contributed by atoms with Crippen molar-refractivity contribution in [3.05, 3.63) is 53.1 Å². The maximum absolute atomic E-state index is 12.7. The van der Waals surface area contributed by atoms with Crippen LogP contribution in [0.15, 0.2) is 46.2 Å². The predicted molar refractivity (Wildman–Crippen MR) is 105 cm³/mol. The number of carbonyl (C=O) groups excluding carboxylic acids is 1. The van der Waals surface area contributed by atoms with E-state index in [4.69, 9.17) is 0 Å². The highest BCUT2D eigenvalue weighted by Gasteiger charge is 2.22. The number of thioether (sulfide) groups is 1. The number of carbonyl (C=O) groups is 1. The molecule has 1 aliphatic heterocycles.